The van der Waals surface area contributed by atoms with E-state index in [-0.39, 0.29) is 11.8 Å². The maximum atomic E-state index is 12.2. The summed E-state index contributed by atoms with van der Waals surface area (Å²) in [5.41, 5.74) is 0. The number of quaternary nitrogens is 1. The van der Waals surface area contributed by atoms with Crippen molar-refractivity contribution < 1.29 is 14.1 Å². The Labute approximate surface area is 306 Å². The summed E-state index contributed by atoms with van der Waals surface area (Å²) in [6.07, 6.45) is 46.1. The van der Waals surface area contributed by atoms with Gasteiger partial charge in [-0.25, -0.2) is 0 Å². The van der Waals surface area contributed by atoms with Crippen LogP contribution in [0.25, 0.3) is 0 Å². The molecule has 0 aliphatic rings. The molecule has 49 heavy (non-hydrogen) atoms. The monoisotopic (exact) mass is 689 g/mol. The molecule has 0 aromatic heterocycles. The van der Waals surface area contributed by atoms with Crippen LogP contribution in [0.2, 0.25) is 0 Å². The van der Waals surface area contributed by atoms with Gasteiger partial charge in [0.2, 0.25) is 11.8 Å². The zero-order chi connectivity index (χ0) is 35.9. The number of hydrogen-bond acceptors (Lipinski definition) is 2. The molecule has 0 aromatic rings. The topological polar surface area (TPSA) is 58.2 Å². The van der Waals surface area contributed by atoms with Gasteiger partial charge in [0.15, 0.2) is 0 Å². The van der Waals surface area contributed by atoms with Crippen molar-refractivity contribution in [3.63, 3.8) is 0 Å². The highest BCUT2D eigenvalue weighted by Gasteiger charge is 2.14. The van der Waals surface area contributed by atoms with E-state index in [2.05, 4.69) is 62.9 Å². The van der Waals surface area contributed by atoms with Gasteiger partial charge in [0, 0.05) is 38.8 Å². The number of nitrogens with zero attached hydrogens (tertiary/aromatic N) is 1. The molecule has 5 heteroatoms. The van der Waals surface area contributed by atoms with E-state index in [1.54, 1.807) is 0 Å². The minimum Gasteiger partial charge on any atom is -0.356 e. The molecule has 0 spiro atoms. The normalized spacial score (nSPS) is 12.0. The van der Waals surface area contributed by atoms with Crippen molar-refractivity contribution in [1.82, 2.24) is 10.6 Å². The number of nitrogens with one attached hydrogen (secondary N) is 2. The van der Waals surface area contributed by atoms with Crippen LogP contribution in [0.4, 0.5) is 0 Å². The van der Waals surface area contributed by atoms with Crippen LogP contribution in [0.1, 0.15) is 206 Å². The third-order valence-corrected chi connectivity index (χ3v) is 9.86. The summed E-state index contributed by atoms with van der Waals surface area (Å²) in [7, 11) is 4.50. The molecule has 288 valence electrons. The molecule has 0 rings (SSSR count). The van der Waals surface area contributed by atoms with Gasteiger partial charge in [-0.2, -0.15) is 0 Å². The van der Waals surface area contributed by atoms with Crippen LogP contribution in [-0.2, 0) is 9.59 Å². The summed E-state index contributed by atoms with van der Waals surface area (Å²) >= 11 is 0. The molecule has 0 saturated heterocycles. The molecule has 0 aliphatic heterocycles. The summed E-state index contributed by atoms with van der Waals surface area (Å²) in [6.45, 7) is 8.15. The lowest BCUT2D eigenvalue weighted by molar-refractivity contribution is -0.890. The molecule has 5 nitrogen and oxygen atoms in total. The lowest BCUT2D eigenvalue weighted by Gasteiger charge is -2.30. The number of amides is 2. The van der Waals surface area contributed by atoms with Crippen LogP contribution in [0, 0.1) is 0 Å². The summed E-state index contributed by atoms with van der Waals surface area (Å²) in [5.74, 6) is 0.411. The smallest absolute Gasteiger partial charge is 0.219 e. The number of hydrogen-bond donors (Lipinski definition) is 2. The molecule has 0 radical (unpaired) electrons. The number of carbonyl (C=O) groups excluding carboxylic acids is 2. The van der Waals surface area contributed by atoms with Crippen LogP contribution in [0.15, 0.2) is 24.3 Å². The number of carbonyl (C=O) groups is 2. The van der Waals surface area contributed by atoms with Crippen molar-refractivity contribution in [2.45, 2.75) is 206 Å². The van der Waals surface area contributed by atoms with Gasteiger partial charge in [-0.15, -0.1) is 0 Å². The second-order valence-electron chi connectivity index (χ2n) is 15.5. The predicted octanol–water partition coefficient (Wildman–Crippen LogP) is 12.2. The lowest BCUT2D eigenvalue weighted by atomic mass is 10.1. The summed E-state index contributed by atoms with van der Waals surface area (Å²) in [4.78, 5) is 24.5. The summed E-state index contributed by atoms with van der Waals surface area (Å²) in [6, 6.07) is 0. The first kappa shape index (κ1) is 47.4. The molecule has 0 bridgehead atoms. The van der Waals surface area contributed by atoms with E-state index in [1.165, 1.54) is 141 Å². The molecule has 0 fully saturated rings. The van der Waals surface area contributed by atoms with E-state index >= 15 is 0 Å². The first-order valence-corrected chi connectivity index (χ1v) is 21.6. The number of rotatable bonds is 38. The third kappa shape index (κ3) is 39.0. The van der Waals surface area contributed by atoms with Crippen LogP contribution < -0.4 is 10.6 Å². The Hall–Kier alpha value is -1.62. The summed E-state index contributed by atoms with van der Waals surface area (Å²) < 4.78 is 0.925. The Balaban J connectivity index is 3.52. The van der Waals surface area contributed by atoms with Crippen LogP contribution >= 0.6 is 0 Å². The lowest BCUT2D eigenvalue weighted by Crippen LogP contribution is -2.43. The molecular formula is C44H86N3O2+. The van der Waals surface area contributed by atoms with Crippen LogP contribution in [-0.4, -0.2) is 56.6 Å². The SMILES string of the molecule is CCCCCCCC/C=C\CCCCCCCC(=O)NCCC[N+](C)(C)CCCNC(=O)CCCCCCC/C=C\CCCCCCCC. The van der Waals surface area contributed by atoms with E-state index in [0.29, 0.717) is 12.8 Å². The third-order valence-electron chi connectivity index (χ3n) is 9.86. The van der Waals surface area contributed by atoms with E-state index in [1.807, 2.05) is 0 Å². The van der Waals surface area contributed by atoms with Crippen molar-refractivity contribution in [3.05, 3.63) is 24.3 Å². The Kier molecular flexibility index (Phi) is 36.4. The van der Waals surface area contributed by atoms with Gasteiger partial charge < -0.3 is 15.1 Å². The van der Waals surface area contributed by atoms with Gasteiger partial charge in [0.1, 0.15) is 0 Å². The molecule has 2 amide bonds. The van der Waals surface area contributed by atoms with E-state index < -0.39 is 0 Å². The zero-order valence-electron chi connectivity index (χ0n) is 33.6. The Morgan fingerprint density at radius 1 is 0.408 bits per heavy atom. The average Bonchev–Trinajstić information content (AvgIpc) is 3.08. The average molecular weight is 689 g/mol. The van der Waals surface area contributed by atoms with E-state index in [9.17, 15) is 9.59 Å². The van der Waals surface area contributed by atoms with Gasteiger partial charge in [-0.1, -0.05) is 141 Å². The Bertz CT molecular complexity index is 714. The quantitative estimate of drug-likeness (QED) is 0.0385. The Morgan fingerprint density at radius 3 is 1.02 bits per heavy atom. The zero-order valence-corrected chi connectivity index (χ0v) is 33.6. The highest BCUT2D eigenvalue weighted by atomic mass is 16.2. The second kappa shape index (κ2) is 37.6. The highest BCUT2D eigenvalue weighted by Crippen LogP contribution is 2.12. The fourth-order valence-electron chi connectivity index (χ4n) is 6.47. The largest absolute Gasteiger partial charge is 0.356 e. The molecule has 0 atom stereocenters. The van der Waals surface area contributed by atoms with Crippen molar-refractivity contribution >= 4 is 11.8 Å². The van der Waals surface area contributed by atoms with Crippen molar-refractivity contribution in [2.75, 3.05) is 40.3 Å². The van der Waals surface area contributed by atoms with Crippen LogP contribution in [0.3, 0.4) is 0 Å². The molecule has 0 unspecified atom stereocenters. The standard InChI is InChI=1S/C44H85N3O2/c1-5-7-9-11-13-15-17-19-21-23-25-27-29-31-33-37-43(48)45-39-35-41-47(3,4)42-36-40-46-44(49)38-34-32-30-28-26-24-22-20-18-16-14-12-10-8-6-2/h19-22H,5-18,23-42H2,1-4H3,(H-,45,46,48,49)/p+1/b21-19-,22-20-. The minimum atomic E-state index is 0.205. The number of allylic oxidation sites excluding steroid dienone is 4. The fraction of sp³-hybridized carbons (Fsp3) is 0.864. The fourth-order valence-corrected chi connectivity index (χ4v) is 6.47. The number of unbranched alkanes of at least 4 members (excludes halogenated alkanes) is 22. The van der Waals surface area contributed by atoms with Gasteiger partial charge >= 0.3 is 0 Å². The predicted molar refractivity (Wildman–Crippen MR) is 216 cm³/mol. The van der Waals surface area contributed by atoms with Crippen molar-refractivity contribution in [1.29, 1.82) is 0 Å². The molecule has 0 saturated carbocycles. The maximum absolute atomic E-state index is 12.2. The second-order valence-corrected chi connectivity index (χ2v) is 15.5. The van der Waals surface area contributed by atoms with Gasteiger partial charge in [-0.05, 0) is 64.2 Å². The molecular weight excluding hydrogens is 603 g/mol. The molecule has 0 aliphatic carbocycles. The maximum Gasteiger partial charge on any atom is 0.219 e. The first-order chi connectivity index (χ1) is 23.9. The van der Waals surface area contributed by atoms with Crippen molar-refractivity contribution in [3.8, 4) is 0 Å². The summed E-state index contributed by atoms with van der Waals surface area (Å²) in [5, 5.41) is 6.25. The molecule has 0 heterocycles. The first-order valence-electron chi connectivity index (χ1n) is 21.6. The molecule has 0 aromatic carbocycles. The molecule has 2 N–H and O–H groups in total. The highest BCUT2D eigenvalue weighted by molar-refractivity contribution is 5.76. The minimum absolute atomic E-state index is 0.205. The van der Waals surface area contributed by atoms with Crippen molar-refractivity contribution in [2.24, 2.45) is 0 Å². The van der Waals surface area contributed by atoms with E-state index in [0.717, 1.165) is 69.2 Å². The van der Waals surface area contributed by atoms with Gasteiger partial charge in [-0.3, -0.25) is 9.59 Å². The van der Waals surface area contributed by atoms with E-state index in [4.69, 9.17) is 0 Å². The van der Waals surface area contributed by atoms with Crippen LogP contribution in [0.5, 0.6) is 0 Å². The van der Waals surface area contributed by atoms with Gasteiger partial charge in [0.05, 0.1) is 27.2 Å². The van der Waals surface area contributed by atoms with Gasteiger partial charge in [0.25, 0.3) is 0 Å². The Morgan fingerprint density at radius 2 is 0.694 bits per heavy atom.